The summed E-state index contributed by atoms with van der Waals surface area (Å²) in [5.74, 6) is -2.14. The highest BCUT2D eigenvalue weighted by molar-refractivity contribution is 7.17. The highest BCUT2D eigenvalue weighted by Gasteiger charge is 2.42. The lowest BCUT2D eigenvalue weighted by Gasteiger charge is -2.14. The average molecular weight is 279 g/mol. The van der Waals surface area contributed by atoms with Crippen LogP contribution in [0.3, 0.4) is 0 Å². The number of carboxylic acid groups (broad SMARTS) is 1. The van der Waals surface area contributed by atoms with Gasteiger partial charge in [-0.2, -0.15) is 13.2 Å². The molecular formula is C10H8F3NO3S. The Bertz CT molecular complexity index is 521. The van der Waals surface area contributed by atoms with Crippen LogP contribution in [0.2, 0.25) is 0 Å². The first kappa shape index (κ1) is 12.7. The summed E-state index contributed by atoms with van der Waals surface area (Å²) in [5.41, 5.74) is -0.0683. The summed E-state index contributed by atoms with van der Waals surface area (Å²) in [5, 5.41) is 9.16. The Morgan fingerprint density at radius 3 is 2.61 bits per heavy atom. The van der Waals surface area contributed by atoms with Gasteiger partial charge in [-0.3, -0.25) is 4.90 Å². The zero-order valence-electron chi connectivity index (χ0n) is 9.11. The molecule has 0 spiro atoms. The number of thiophene rings is 1. The van der Waals surface area contributed by atoms with E-state index in [0.717, 1.165) is 11.3 Å². The molecule has 0 saturated carbocycles. The van der Waals surface area contributed by atoms with Crippen molar-refractivity contribution in [2.24, 2.45) is 0 Å². The molecule has 0 atom stereocenters. The van der Waals surface area contributed by atoms with Crippen molar-refractivity contribution in [3.8, 4) is 0 Å². The van der Waals surface area contributed by atoms with Crippen LogP contribution in [0.5, 0.6) is 0 Å². The fourth-order valence-electron chi connectivity index (χ4n) is 1.56. The van der Waals surface area contributed by atoms with Crippen molar-refractivity contribution >= 4 is 22.3 Å². The molecule has 0 radical (unpaired) electrons. The second kappa shape index (κ2) is 4.20. The van der Waals surface area contributed by atoms with Crippen LogP contribution in [0.25, 0.3) is 0 Å². The predicted octanol–water partition coefficient (Wildman–Crippen LogP) is 3.03. The van der Waals surface area contributed by atoms with E-state index in [0.29, 0.717) is 5.00 Å². The molecule has 98 valence electrons. The normalized spacial score (nSPS) is 16.1. The van der Waals surface area contributed by atoms with Crippen molar-refractivity contribution in [2.75, 3.05) is 11.6 Å². The number of rotatable bonds is 2. The van der Waals surface area contributed by atoms with Gasteiger partial charge in [0.1, 0.15) is 4.88 Å². The molecule has 18 heavy (non-hydrogen) atoms. The fraction of sp³-hybridized carbons (Fsp3) is 0.300. The Morgan fingerprint density at radius 1 is 1.50 bits per heavy atom. The molecule has 1 aliphatic heterocycles. The van der Waals surface area contributed by atoms with Gasteiger partial charge >= 0.3 is 12.1 Å². The van der Waals surface area contributed by atoms with Gasteiger partial charge in [0, 0.05) is 0 Å². The zero-order chi connectivity index (χ0) is 13.5. The lowest BCUT2D eigenvalue weighted by Crippen LogP contribution is -2.16. The van der Waals surface area contributed by atoms with E-state index >= 15 is 0 Å². The minimum absolute atomic E-state index is 0.0678. The Labute approximate surface area is 104 Å². The van der Waals surface area contributed by atoms with Gasteiger partial charge in [0.05, 0.1) is 10.7 Å². The molecule has 0 aromatic carbocycles. The monoisotopic (exact) mass is 279 g/mol. The van der Waals surface area contributed by atoms with Crippen LogP contribution in [-0.2, 0) is 4.74 Å². The van der Waals surface area contributed by atoms with Crippen molar-refractivity contribution in [2.45, 2.75) is 13.1 Å². The van der Waals surface area contributed by atoms with Crippen LogP contribution < -0.4 is 4.90 Å². The van der Waals surface area contributed by atoms with E-state index in [1.165, 1.54) is 24.0 Å². The van der Waals surface area contributed by atoms with Crippen LogP contribution in [0.15, 0.2) is 23.6 Å². The summed E-state index contributed by atoms with van der Waals surface area (Å²) in [4.78, 5) is 12.1. The Hall–Kier alpha value is -1.70. The molecule has 0 saturated heterocycles. The molecule has 0 fully saturated rings. The number of allylic oxidation sites excluding steroid dienone is 2. The van der Waals surface area contributed by atoms with Gasteiger partial charge in [0.2, 0.25) is 5.76 Å². The number of alkyl halides is 3. The van der Waals surface area contributed by atoms with E-state index in [1.807, 2.05) is 0 Å². The number of anilines is 1. The highest BCUT2D eigenvalue weighted by Crippen LogP contribution is 2.38. The number of ether oxygens (including phenoxy) is 1. The summed E-state index contributed by atoms with van der Waals surface area (Å²) in [7, 11) is 0. The van der Waals surface area contributed by atoms with Crippen molar-refractivity contribution in [1.82, 2.24) is 0 Å². The number of aromatic carboxylic acids is 1. The number of hydrogen-bond acceptors (Lipinski definition) is 4. The maximum absolute atomic E-state index is 12.5. The van der Waals surface area contributed by atoms with Crippen LogP contribution in [-0.4, -0.2) is 24.0 Å². The molecule has 2 rings (SSSR count). The summed E-state index contributed by atoms with van der Waals surface area (Å²) >= 11 is 0.900. The first-order chi connectivity index (χ1) is 8.30. The fourth-order valence-corrected chi connectivity index (χ4v) is 2.44. The van der Waals surface area contributed by atoms with Gasteiger partial charge in [0.15, 0.2) is 6.73 Å². The second-order valence-corrected chi connectivity index (χ2v) is 4.62. The number of hydrogen-bond donors (Lipinski definition) is 1. The summed E-state index contributed by atoms with van der Waals surface area (Å²) in [6, 6.07) is 2.81. The maximum Gasteiger partial charge on any atom is 0.450 e. The summed E-state index contributed by atoms with van der Waals surface area (Å²) < 4.78 is 42.2. The van der Waals surface area contributed by atoms with Crippen molar-refractivity contribution < 1.29 is 27.8 Å². The van der Waals surface area contributed by atoms with E-state index in [1.54, 1.807) is 0 Å². The zero-order valence-corrected chi connectivity index (χ0v) is 9.93. The molecule has 1 aromatic rings. The molecule has 0 unspecified atom stereocenters. The summed E-state index contributed by atoms with van der Waals surface area (Å²) in [6.07, 6.45) is -4.54. The molecule has 1 aromatic heterocycles. The first-order valence-corrected chi connectivity index (χ1v) is 5.64. The van der Waals surface area contributed by atoms with E-state index in [9.17, 15) is 18.0 Å². The Balaban J connectivity index is 2.30. The minimum atomic E-state index is -4.54. The van der Waals surface area contributed by atoms with Crippen LogP contribution in [0.4, 0.5) is 18.2 Å². The molecule has 0 bridgehead atoms. The van der Waals surface area contributed by atoms with Crippen molar-refractivity contribution in [3.05, 3.63) is 28.5 Å². The molecule has 1 aliphatic rings. The number of carboxylic acids is 1. The first-order valence-electron chi connectivity index (χ1n) is 4.82. The Kier molecular flexibility index (Phi) is 2.97. The van der Waals surface area contributed by atoms with E-state index in [-0.39, 0.29) is 17.3 Å². The molecule has 4 nitrogen and oxygen atoms in total. The van der Waals surface area contributed by atoms with Crippen LogP contribution in [0, 0.1) is 0 Å². The van der Waals surface area contributed by atoms with Gasteiger partial charge in [-0.05, 0) is 19.1 Å². The van der Waals surface area contributed by atoms with Crippen molar-refractivity contribution in [1.29, 1.82) is 0 Å². The molecule has 0 aliphatic carbocycles. The van der Waals surface area contributed by atoms with Crippen LogP contribution in [0.1, 0.15) is 16.6 Å². The van der Waals surface area contributed by atoms with E-state index < -0.39 is 17.9 Å². The topological polar surface area (TPSA) is 49.8 Å². The lowest BCUT2D eigenvalue weighted by atomic mass is 10.3. The van der Waals surface area contributed by atoms with E-state index in [4.69, 9.17) is 5.11 Å². The van der Waals surface area contributed by atoms with Gasteiger partial charge in [-0.1, -0.05) is 0 Å². The van der Waals surface area contributed by atoms with Gasteiger partial charge in [0.25, 0.3) is 0 Å². The molecule has 0 amide bonds. The van der Waals surface area contributed by atoms with Gasteiger partial charge in [-0.15, -0.1) is 11.3 Å². The third kappa shape index (κ3) is 2.15. The maximum atomic E-state index is 12.5. The molecule has 8 heteroatoms. The van der Waals surface area contributed by atoms with Gasteiger partial charge in [-0.25, -0.2) is 4.79 Å². The highest BCUT2D eigenvalue weighted by atomic mass is 32.1. The smallest absolute Gasteiger partial charge is 0.450 e. The standard InChI is InChI=1S/C10H8F3NO3S/c1-5-8(10(11,12)13)17-4-14(5)7-3-2-6(18-7)9(15)16/h2-3H,4H2,1H3,(H,15,16). The quantitative estimate of drug-likeness (QED) is 0.904. The average Bonchev–Trinajstić information content (AvgIpc) is 2.81. The third-order valence-corrected chi connectivity index (χ3v) is 3.49. The summed E-state index contributed by atoms with van der Waals surface area (Å²) in [6.45, 7) is 1.02. The van der Waals surface area contributed by atoms with Crippen molar-refractivity contribution in [3.63, 3.8) is 0 Å². The molecule has 2 heterocycles. The number of carbonyl (C=O) groups is 1. The van der Waals surface area contributed by atoms with E-state index in [2.05, 4.69) is 4.74 Å². The third-order valence-electron chi connectivity index (χ3n) is 2.40. The molecular weight excluding hydrogens is 271 g/mol. The lowest BCUT2D eigenvalue weighted by molar-refractivity contribution is -0.127. The number of nitrogens with zero attached hydrogens (tertiary/aromatic N) is 1. The van der Waals surface area contributed by atoms with Gasteiger partial charge < -0.3 is 9.84 Å². The molecule has 1 N–H and O–H groups in total. The SMILES string of the molecule is CC1=C(C(F)(F)F)OCN1c1ccc(C(=O)O)s1. The predicted molar refractivity (Wildman–Crippen MR) is 58.5 cm³/mol. The minimum Gasteiger partial charge on any atom is -0.477 e. The Morgan fingerprint density at radius 2 is 2.17 bits per heavy atom. The largest absolute Gasteiger partial charge is 0.477 e. The number of halogens is 3. The van der Waals surface area contributed by atoms with Crippen LogP contribution >= 0.6 is 11.3 Å². The second-order valence-electron chi connectivity index (χ2n) is 3.56.